The third-order valence-electron chi connectivity index (χ3n) is 14.4. The van der Waals surface area contributed by atoms with Crippen LogP contribution in [0.4, 0.5) is 0 Å². The number of carbonyl (C=O) groups excluding carboxylic acids is 3. The van der Waals surface area contributed by atoms with Crippen LogP contribution in [0.1, 0.15) is 361 Å². The summed E-state index contributed by atoms with van der Waals surface area (Å²) < 4.78 is 16.9. The molecule has 68 heavy (non-hydrogen) atoms. The van der Waals surface area contributed by atoms with Crippen molar-refractivity contribution in [1.29, 1.82) is 0 Å². The van der Waals surface area contributed by atoms with Crippen LogP contribution in [0.25, 0.3) is 0 Å². The highest BCUT2D eigenvalue weighted by molar-refractivity contribution is 5.71. The molecule has 1 atom stereocenters. The van der Waals surface area contributed by atoms with Gasteiger partial charge in [-0.25, -0.2) is 0 Å². The first-order chi connectivity index (χ1) is 33.5. The highest BCUT2D eigenvalue weighted by Crippen LogP contribution is 2.18. The molecule has 0 aliphatic heterocycles. The molecule has 0 rings (SSSR count). The summed E-state index contributed by atoms with van der Waals surface area (Å²) in [6.45, 7) is 6.73. The van der Waals surface area contributed by atoms with Crippen LogP contribution in [-0.4, -0.2) is 37.2 Å². The van der Waals surface area contributed by atoms with E-state index >= 15 is 0 Å². The molecule has 0 bridgehead atoms. The van der Waals surface area contributed by atoms with Crippen LogP contribution in [0, 0.1) is 0 Å². The molecular formula is C62H120O6. The predicted molar refractivity (Wildman–Crippen MR) is 294 cm³/mol. The van der Waals surface area contributed by atoms with Gasteiger partial charge >= 0.3 is 17.9 Å². The fourth-order valence-corrected chi connectivity index (χ4v) is 9.68. The Bertz CT molecular complexity index is 1010. The van der Waals surface area contributed by atoms with Gasteiger partial charge in [0.1, 0.15) is 13.2 Å². The van der Waals surface area contributed by atoms with Gasteiger partial charge in [0.2, 0.25) is 0 Å². The minimum Gasteiger partial charge on any atom is -0.462 e. The lowest BCUT2D eigenvalue weighted by molar-refractivity contribution is -0.167. The molecule has 0 heterocycles. The number of rotatable bonds is 58. The predicted octanol–water partition coefficient (Wildman–Crippen LogP) is 20.7. The van der Waals surface area contributed by atoms with E-state index in [1.165, 1.54) is 263 Å². The molecule has 0 aromatic carbocycles. The molecule has 0 aromatic rings. The topological polar surface area (TPSA) is 78.9 Å². The molecule has 0 saturated carbocycles. The first-order valence-electron chi connectivity index (χ1n) is 31.0. The summed E-state index contributed by atoms with van der Waals surface area (Å²) in [6, 6.07) is 0. The minimum absolute atomic E-state index is 0.0606. The van der Waals surface area contributed by atoms with Gasteiger partial charge in [0.15, 0.2) is 6.10 Å². The summed E-state index contributed by atoms with van der Waals surface area (Å²) in [6.07, 6.45) is 65.3. The molecular weight excluding hydrogens is 841 g/mol. The van der Waals surface area contributed by atoms with Crippen molar-refractivity contribution in [3.05, 3.63) is 0 Å². The highest BCUT2D eigenvalue weighted by atomic mass is 16.6. The third-order valence-corrected chi connectivity index (χ3v) is 14.4. The number of ether oxygens (including phenoxy) is 3. The lowest BCUT2D eigenvalue weighted by Crippen LogP contribution is -2.30. The van der Waals surface area contributed by atoms with Gasteiger partial charge < -0.3 is 14.2 Å². The molecule has 0 aromatic heterocycles. The van der Waals surface area contributed by atoms with Crippen LogP contribution in [0.5, 0.6) is 0 Å². The van der Waals surface area contributed by atoms with Gasteiger partial charge in [-0.3, -0.25) is 14.4 Å². The van der Waals surface area contributed by atoms with Crippen LogP contribution >= 0.6 is 0 Å². The van der Waals surface area contributed by atoms with E-state index < -0.39 is 6.10 Å². The smallest absolute Gasteiger partial charge is 0.306 e. The van der Waals surface area contributed by atoms with Gasteiger partial charge in [-0.2, -0.15) is 0 Å². The zero-order valence-electron chi connectivity index (χ0n) is 46.4. The van der Waals surface area contributed by atoms with Gasteiger partial charge in [0.05, 0.1) is 0 Å². The second kappa shape index (κ2) is 58.0. The van der Waals surface area contributed by atoms with E-state index in [2.05, 4.69) is 20.8 Å². The van der Waals surface area contributed by atoms with E-state index in [9.17, 15) is 14.4 Å². The number of esters is 3. The Labute approximate surface area is 425 Å². The zero-order valence-corrected chi connectivity index (χ0v) is 46.4. The Hall–Kier alpha value is -1.59. The Morgan fingerprint density at radius 3 is 0.588 bits per heavy atom. The third kappa shape index (κ3) is 55.3. The number of unbranched alkanes of at least 4 members (excludes halogenated alkanes) is 47. The number of hydrogen-bond donors (Lipinski definition) is 0. The zero-order chi connectivity index (χ0) is 49.3. The molecule has 0 aliphatic carbocycles. The first kappa shape index (κ1) is 66.4. The molecule has 6 heteroatoms. The summed E-state index contributed by atoms with van der Waals surface area (Å²) >= 11 is 0. The molecule has 0 radical (unpaired) electrons. The Morgan fingerprint density at radius 2 is 0.397 bits per heavy atom. The standard InChI is InChI=1S/C62H120O6/c1-4-7-10-13-16-19-22-25-28-31-32-35-37-40-43-46-49-52-55-61(64)67-58-59(68-62(65)56-53-50-47-44-41-38-34-30-27-24-21-18-15-12-9-6-3)57-66-60(63)54-51-48-45-42-39-36-33-29-26-23-20-17-14-11-8-5-2/h59H,4-58H2,1-3H3/t59-/m1/s1. The molecule has 404 valence electrons. The van der Waals surface area contributed by atoms with E-state index in [4.69, 9.17) is 14.2 Å². The Kier molecular flexibility index (Phi) is 56.6. The second-order valence-corrected chi connectivity index (χ2v) is 21.3. The molecule has 0 amide bonds. The maximum atomic E-state index is 12.9. The van der Waals surface area contributed by atoms with E-state index in [1.807, 2.05) is 0 Å². The van der Waals surface area contributed by atoms with E-state index in [0.29, 0.717) is 19.3 Å². The quantitative estimate of drug-likeness (QED) is 0.0343. The minimum atomic E-state index is -0.762. The van der Waals surface area contributed by atoms with E-state index in [0.717, 1.165) is 57.8 Å². The van der Waals surface area contributed by atoms with Crippen LogP contribution in [0.3, 0.4) is 0 Å². The molecule has 0 spiro atoms. The van der Waals surface area contributed by atoms with Crippen LogP contribution in [0.15, 0.2) is 0 Å². The number of carbonyl (C=O) groups is 3. The van der Waals surface area contributed by atoms with Crippen LogP contribution in [-0.2, 0) is 28.6 Å². The van der Waals surface area contributed by atoms with E-state index in [1.54, 1.807) is 0 Å². The van der Waals surface area contributed by atoms with Crippen molar-refractivity contribution in [3.8, 4) is 0 Å². The van der Waals surface area contributed by atoms with Gasteiger partial charge in [-0.1, -0.05) is 323 Å². The van der Waals surface area contributed by atoms with Crippen LogP contribution in [0.2, 0.25) is 0 Å². The Balaban J connectivity index is 4.28. The van der Waals surface area contributed by atoms with Crippen molar-refractivity contribution >= 4 is 17.9 Å². The van der Waals surface area contributed by atoms with Crippen molar-refractivity contribution < 1.29 is 28.6 Å². The van der Waals surface area contributed by atoms with Gasteiger partial charge in [0, 0.05) is 19.3 Å². The van der Waals surface area contributed by atoms with Crippen LogP contribution < -0.4 is 0 Å². The van der Waals surface area contributed by atoms with Gasteiger partial charge in [0.25, 0.3) is 0 Å². The van der Waals surface area contributed by atoms with E-state index in [-0.39, 0.29) is 31.1 Å². The summed E-state index contributed by atoms with van der Waals surface area (Å²) in [4.78, 5) is 38.2. The summed E-state index contributed by atoms with van der Waals surface area (Å²) in [5.74, 6) is -0.826. The molecule has 0 N–H and O–H groups in total. The second-order valence-electron chi connectivity index (χ2n) is 21.3. The molecule has 0 aliphatic rings. The van der Waals surface area contributed by atoms with Crippen molar-refractivity contribution in [2.24, 2.45) is 0 Å². The SMILES string of the molecule is CCCCCCCCCCCCCCCCCCCCC(=O)OC[C@@H](COC(=O)CCCCCCCCCCCCCCCCCC)OC(=O)CCCCCCCCCCCCCCCCCC. The monoisotopic (exact) mass is 961 g/mol. The maximum absolute atomic E-state index is 12.9. The maximum Gasteiger partial charge on any atom is 0.306 e. The molecule has 0 unspecified atom stereocenters. The summed E-state index contributed by atoms with van der Waals surface area (Å²) in [7, 11) is 0. The highest BCUT2D eigenvalue weighted by Gasteiger charge is 2.19. The fraction of sp³-hybridized carbons (Fsp3) is 0.952. The van der Waals surface area contributed by atoms with Crippen molar-refractivity contribution in [3.63, 3.8) is 0 Å². The Morgan fingerprint density at radius 1 is 0.235 bits per heavy atom. The summed E-state index contributed by atoms with van der Waals surface area (Å²) in [5.41, 5.74) is 0. The average molecular weight is 962 g/mol. The van der Waals surface area contributed by atoms with Gasteiger partial charge in [-0.05, 0) is 19.3 Å². The van der Waals surface area contributed by atoms with Gasteiger partial charge in [-0.15, -0.1) is 0 Å². The first-order valence-corrected chi connectivity index (χ1v) is 31.0. The van der Waals surface area contributed by atoms with Crippen molar-refractivity contribution in [2.45, 2.75) is 367 Å². The summed E-state index contributed by atoms with van der Waals surface area (Å²) in [5, 5.41) is 0. The molecule has 0 saturated heterocycles. The largest absolute Gasteiger partial charge is 0.462 e. The molecule has 0 fully saturated rings. The van der Waals surface area contributed by atoms with Crippen molar-refractivity contribution in [2.75, 3.05) is 13.2 Å². The lowest BCUT2D eigenvalue weighted by Gasteiger charge is -2.18. The lowest BCUT2D eigenvalue weighted by atomic mass is 10.0. The fourth-order valence-electron chi connectivity index (χ4n) is 9.68. The average Bonchev–Trinajstić information content (AvgIpc) is 3.34. The molecule has 6 nitrogen and oxygen atoms in total. The van der Waals surface area contributed by atoms with Crippen molar-refractivity contribution in [1.82, 2.24) is 0 Å². The number of hydrogen-bond acceptors (Lipinski definition) is 6. The normalized spacial score (nSPS) is 11.9.